The average Bonchev–Trinajstić information content (AvgIpc) is 3.32. The molecule has 32 heavy (non-hydrogen) atoms. The SMILES string of the molecule is O=C1/C(=C\c2cccn2-c2cccc([N+](=O)[O-])c2)SC(=S)N1c1cccc(C(F)(F)F)c1. The number of nitro benzene ring substituents is 1. The Morgan fingerprint density at radius 3 is 2.47 bits per heavy atom. The fourth-order valence-corrected chi connectivity index (χ4v) is 4.43. The minimum absolute atomic E-state index is 0.0276. The standard InChI is InChI=1S/C21H12F3N3O3S2/c22-21(23,24)13-4-1-6-16(10-13)26-19(28)18(32-20(26)31)12-15-8-3-9-25(15)14-5-2-7-17(11-14)27(29)30/h1-12H/b18-12+. The second-order valence-electron chi connectivity index (χ2n) is 6.65. The van der Waals surface area contributed by atoms with Crippen molar-refractivity contribution < 1.29 is 22.9 Å². The summed E-state index contributed by atoms with van der Waals surface area (Å²) in [7, 11) is 0. The first-order valence-corrected chi connectivity index (χ1v) is 10.2. The van der Waals surface area contributed by atoms with Crippen LogP contribution in [0.15, 0.2) is 71.8 Å². The van der Waals surface area contributed by atoms with E-state index in [0.717, 1.165) is 28.8 Å². The molecule has 0 radical (unpaired) electrons. The van der Waals surface area contributed by atoms with Crippen LogP contribution in [0.3, 0.4) is 0 Å². The number of rotatable bonds is 4. The summed E-state index contributed by atoms with van der Waals surface area (Å²) in [6, 6.07) is 13.8. The maximum atomic E-state index is 13.1. The summed E-state index contributed by atoms with van der Waals surface area (Å²) >= 11 is 6.21. The largest absolute Gasteiger partial charge is 0.416 e. The van der Waals surface area contributed by atoms with Gasteiger partial charge in [-0.25, -0.2) is 0 Å². The number of hydrogen-bond acceptors (Lipinski definition) is 5. The number of nitrogens with zero attached hydrogens (tertiary/aromatic N) is 3. The maximum Gasteiger partial charge on any atom is 0.416 e. The van der Waals surface area contributed by atoms with E-state index in [2.05, 4.69) is 0 Å². The molecule has 1 fully saturated rings. The summed E-state index contributed by atoms with van der Waals surface area (Å²) in [6.45, 7) is 0. The van der Waals surface area contributed by atoms with E-state index in [9.17, 15) is 28.1 Å². The van der Waals surface area contributed by atoms with Gasteiger partial charge in [0.05, 0.1) is 26.8 Å². The molecular weight excluding hydrogens is 463 g/mol. The molecule has 11 heteroatoms. The number of thiocarbonyl (C=S) groups is 1. The van der Waals surface area contributed by atoms with E-state index >= 15 is 0 Å². The number of hydrogen-bond donors (Lipinski definition) is 0. The second-order valence-corrected chi connectivity index (χ2v) is 8.32. The van der Waals surface area contributed by atoms with Crippen molar-refractivity contribution in [2.75, 3.05) is 4.90 Å². The highest BCUT2D eigenvalue weighted by Crippen LogP contribution is 2.38. The smallest absolute Gasteiger partial charge is 0.317 e. The minimum atomic E-state index is -4.55. The van der Waals surface area contributed by atoms with Crippen molar-refractivity contribution in [1.82, 2.24) is 4.57 Å². The van der Waals surface area contributed by atoms with Crippen LogP contribution in [0.1, 0.15) is 11.3 Å². The Morgan fingerprint density at radius 1 is 1.03 bits per heavy atom. The van der Waals surface area contributed by atoms with E-state index in [4.69, 9.17) is 12.2 Å². The van der Waals surface area contributed by atoms with Crippen molar-refractivity contribution in [3.05, 3.63) is 93.1 Å². The molecule has 0 aliphatic carbocycles. The molecule has 1 saturated heterocycles. The molecule has 1 aliphatic heterocycles. The topological polar surface area (TPSA) is 68.4 Å². The van der Waals surface area contributed by atoms with Crippen LogP contribution in [0, 0.1) is 10.1 Å². The van der Waals surface area contributed by atoms with E-state index < -0.39 is 22.6 Å². The molecule has 3 aromatic rings. The molecule has 162 valence electrons. The van der Waals surface area contributed by atoms with Gasteiger partial charge in [0.25, 0.3) is 11.6 Å². The molecule has 6 nitrogen and oxygen atoms in total. The molecule has 0 saturated carbocycles. The quantitative estimate of drug-likeness (QED) is 0.206. The number of anilines is 1. The summed E-state index contributed by atoms with van der Waals surface area (Å²) in [6.07, 6.45) is -1.32. The van der Waals surface area contributed by atoms with E-state index in [0.29, 0.717) is 11.4 Å². The number of carbonyl (C=O) groups is 1. The number of aromatic nitrogens is 1. The first-order chi connectivity index (χ1) is 15.1. The van der Waals surface area contributed by atoms with Gasteiger partial charge in [0.2, 0.25) is 0 Å². The van der Waals surface area contributed by atoms with Gasteiger partial charge in [0.1, 0.15) is 0 Å². The van der Waals surface area contributed by atoms with E-state index in [1.165, 1.54) is 24.3 Å². The summed E-state index contributed by atoms with van der Waals surface area (Å²) < 4.78 is 41.0. The van der Waals surface area contributed by atoms with Crippen LogP contribution >= 0.6 is 24.0 Å². The molecule has 0 atom stereocenters. The molecule has 1 aliphatic rings. The summed E-state index contributed by atoms with van der Waals surface area (Å²) in [5, 5.41) is 11.1. The average molecular weight is 475 g/mol. The van der Waals surface area contributed by atoms with Gasteiger partial charge in [-0.1, -0.05) is 36.1 Å². The molecule has 0 unspecified atom stereocenters. The van der Waals surface area contributed by atoms with Crippen LogP contribution in [0.4, 0.5) is 24.5 Å². The van der Waals surface area contributed by atoms with E-state index in [1.54, 1.807) is 41.1 Å². The third-order valence-corrected chi connectivity index (χ3v) is 5.91. The number of thioether (sulfide) groups is 1. The highest BCUT2D eigenvalue weighted by atomic mass is 32.2. The zero-order valence-electron chi connectivity index (χ0n) is 15.9. The first-order valence-electron chi connectivity index (χ1n) is 9.02. The summed E-state index contributed by atoms with van der Waals surface area (Å²) in [5.41, 5.74) is 0.129. The lowest BCUT2D eigenvalue weighted by Crippen LogP contribution is -2.27. The van der Waals surface area contributed by atoms with Gasteiger partial charge in [0, 0.05) is 24.0 Å². The van der Waals surface area contributed by atoms with Crippen molar-refractivity contribution in [3.63, 3.8) is 0 Å². The van der Waals surface area contributed by atoms with Crippen molar-refractivity contribution in [1.29, 1.82) is 0 Å². The van der Waals surface area contributed by atoms with Crippen LogP contribution in [0.2, 0.25) is 0 Å². The van der Waals surface area contributed by atoms with Crippen LogP contribution in [-0.2, 0) is 11.0 Å². The third kappa shape index (κ3) is 4.16. The number of non-ortho nitro benzene ring substituents is 1. The predicted molar refractivity (Wildman–Crippen MR) is 120 cm³/mol. The van der Waals surface area contributed by atoms with Crippen LogP contribution < -0.4 is 4.90 Å². The summed E-state index contributed by atoms with van der Waals surface area (Å²) in [4.78, 5) is 24.8. The molecular formula is C21H12F3N3O3S2. The second kappa shape index (κ2) is 8.24. The van der Waals surface area contributed by atoms with Crippen molar-refractivity contribution in [2.45, 2.75) is 6.18 Å². The Kier molecular flexibility index (Phi) is 5.61. The maximum absolute atomic E-state index is 13.1. The molecule has 0 N–H and O–H groups in total. The van der Waals surface area contributed by atoms with Crippen LogP contribution in [0.5, 0.6) is 0 Å². The number of alkyl halides is 3. The lowest BCUT2D eigenvalue weighted by atomic mass is 10.2. The van der Waals surface area contributed by atoms with Crippen molar-refractivity contribution in [3.8, 4) is 5.69 Å². The fourth-order valence-electron chi connectivity index (χ4n) is 3.15. The van der Waals surface area contributed by atoms with Gasteiger partial charge in [0.15, 0.2) is 4.32 Å². The van der Waals surface area contributed by atoms with Gasteiger partial charge in [-0.2, -0.15) is 13.2 Å². The minimum Gasteiger partial charge on any atom is -0.317 e. The normalized spacial score (nSPS) is 15.6. The zero-order valence-corrected chi connectivity index (χ0v) is 17.6. The molecule has 2 aromatic carbocycles. The molecule has 4 rings (SSSR count). The molecule has 1 aromatic heterocycles. The van der Waals surface area contributed by atoms with Crippen molar-refractivity contribution >= 4 is 51.7 Å². The van der Waals surface area contributed by atoms with Crippen LogP contribution in [0.25, 0.3) is 11.8 Å². The van der Waals surface area contributed by atoms with Crippen LogP contribution in [-0.4, -0.2) is 19.7 Å². The number of benzene rings is 2. The zero-order chi connectivity index (χ0) is 23.0. The van der Waals surface area contributed by atoms with E-state index in [1.807, 2.05) is 0 Å². The van der Waals surface area contributed by atoms with Crippen molar-refractivity contribution in [2.24, 2.45) is 0 Å². The van der Waals surface area contributed by atoms with Gasteiger partial charge in [-0.3, -0.25) is 19.8 Å². The highest BCUT2D eigenvalue weighted by molar-refractivity contribution is 8.27. The molecule has 2 heterocycles. The molecule has 0 spiro atoms. The lowest BCUT2D eigenvalue weighted by molar-refractivity contribution is -0.384. The summed E-state index contributed by atoms with van der Waals surface area (Å²) in [5.74, 6) is -0.550. The lowest BCUT2D eigenvalue weighted by Gasteiger charge is -2.16. The monoisotopic (exact) mass is 475 g/mol. The first kappa shape index (κ1) is 21.8. The number of nitro groups is 1. The Morgan fingerprint density at radius 2 is 1.75 bits per heavy atom. The Bertz CT molecular complexity index is 1280. The third-order valence-electron chi connectivity index (χ3n) is 4.60. The Balaban J connectivity index is 1.68. The van der Waals surface area contributed by atoms with Gasteiger partial charge in [-0.05, 0) is 42.5 Å². The predicted octanol–water partition coefficient (Wildman–Crippen LogP) is 5.81. The number of halogens is 3. The Hall–Kier alpha value is -3.44. The number of carbonyl (C=O) groups excluding carboxylic acids is 1. The highest BCUT2D eigenvalue weighted by Gasteiger charge is 2.36. The van der Waals surface area contributed by atoms with Gasteiger partial charge in [-0.15, -0.1) is 0 Å². The van der Waals surface area contributed by atoms with Gasteiger partial charge < -0.3 is 4.57 Å². The van der Waals surface area contributed by atoms with E-state index in [-0.39, 0.29) is 20.6 Å². The molecule has 1 amide bonds. The van der Waals surface area contributed by atoms with Gasteiger partial charge >= 0.3 is 6.18 Å². The molecule has 0 bridgehead atoms. The fraction of sp³-hybridized carbons (Fsp3) is 0.0476. The number of amides is 1. The Labute approximate surface area is 189 Å².